The molecule has 0 radical (unpaired) electrons. The van der Waals surface area contributed by atoms with Crippen molar-refractivity contribution in [1.82, 2.24) is 20.0 Å². The maximum absolute atomic E-state index is 14.7. The van der Waals surface area contributed by atoms with Crippen LogP contribution in [0.5, 0.6) is 11.6 Å². The van der Waals surface area contributed by atoms with Gasteiger partial charge in [0.2, 0.25) is 5.88 Å². The Morgan fingerprint density at radius 2 is 1.78 bits per heavy atom. The van der Waals surface area contributed by atoms with Gasteiger partial charge in [0.1, 0.15) is 11.6 Å². The van der Waals surface area contributed by atoms with Crippen LogP contribution >= 0.6 is 11.6 Å². The first-order valence-electron chi connectivity index (χ1n) is 11.5. The summed E-state index contributed by atoms with van der Waals surface area (Å²) in [6.45, 7) is 1.29. The Bertz CT molecular complexity index is 1470. The fourth-order valence-electron chi connectivity index (χ4n) is 4.30. The van der Waals surface area contributed by atoms with Gasteiger partial charge in [0.25, 0.3) is 17.4 Å². The number of rotatable bonds is 4. The van der Waals surface area contributed by atoms with Crippen LogP contribution in [0.3, 0.4) is 0 Å². The van der Waals surface area contributed by atoms with Crippen molar-refractivity contribution >= 4 is 34.2 Å². The minimum Gasteiger partial charge on any atom is -0.437 e. The Kier molecular flexibility index (Phi) is 6.56. The highest BCUT2D eigenvalue weighted by atomic mass is 35.5. The largest absolute Gasteiger partial charge is 0.437 e. The SMILES string of the molecule is O=C(C1=CCCC=C1)N1CCN(C(=O)c2cc(Oc3n[nH]c(=O)c4cccc(Cl)c34)ccc2F)CC1. The summed E-state index contributed by atoms with van der Waals surface area (Å²) in [4.78, 5) is 41.1. The zero-order valence-electron chi connectivity index (χ0n) is 19.2. The van der Waals surface area contributed by atoms with Crippen molar-refractivity contribution in [3.05, 3.63) is 87.0 Å². The number of fused-ring (bicyclic) bond motifs is 1. The van der Waals surface area contributed by atoms with Crippen LogP contribution in [-0.4, -0.2) is 58.0 Å². The van der Waals surface area contributed by atoms with E-state index >= 15 is 0 Å². The first-order chi connectivity index (χ1) is 17.4. The van der Waals surface area contributed by atoms with Crippen LogP contribution in [0, 0.1) is 5.82 Å². The second kappa shape index (κ2) is 9.94. The van der Waals surface area contributed by atoms with Crippen LogP contribution in [0.1, 0.15) is 23.2 Å². The molecule has 10 heteroatoms. The topological polar surface area (TPSA) is 95.6 Å². The fourth-order valence-corrected chi connectivity index (χ4v) is 4.56. The van der Waals surface area contributed by atoms with Gasteiger partial charge >= 0.3 is 0 Å². The smallest absolute Gasteiger partial charge is 0.272 e. The number of hydrogen-bond donors (Lipinski definition) is 1. The van der Waals surface area contributed by atoms with Gasteiger partial charge in [-0.3, -0.25) is 14.4 Å². The van der Waals surface area contributed by atoms with E-state index in [1.54, 1.807) is 23.1 Å². The molecule has 8 nitrogen and oxygen atoms in total. The third kappa shape index (κ3) is 4.61. The number of allylic oxidation sites excluding steroid dienone is 2. The van der Waals surface area contributed by atoms with Gasteiger partial charge in [-0.2, -0.15) is 0 Å². The third-order valence-corrected chi connectivity index (χ3v) is 6.52. The Morgan fingerprint density at radius 3 is 2.50 bits per heavy atom. The third-order valence-electron chi connectivity index (χ3n) is 6.21. The number of aromatic amines is 1. The van der Waals surface area contributed by atoms with Crippen molar-refractivity contribution in [2.75, 3.05) is 26.2 Å². The van der Waals surface area contributed by atoms with E-state index in [4.69, 9.17) is 16.3 Å². The summed E-state index contributed by atoms with van der Waals surface area (Å²) in [6, 6.07) is 8.61. The molecule has 0 spiro atoms. The number of hydrogen-bond acceptors (Lipinski definition) is 5. The molecular weight excluding hydrogens is 487 g/mol. The van der Waals surface area contributed by atoms with Crippen molar-refractivity contribution in [2.24, 2.45) is 0 Å². The van der Waals surface area contributed by atoms with Crippen molar-refractivity contribution in [2.45, 2.75) is 12.8 Å². The number of ether oxygens (including phenoxy) is 1. The first kappa shape index (κ1) is 23.7. The average Bonchev–Trinajstić information content (AvgIpc) is 2.91. The summed E-state index contributed by atoms with van der Waals surface area (Å²) in [5.74, 6) is -1.07. The molecule has 2 aromatic carbocycles. The van der Waals surface area contributed by atoms with Gasteiger partial charge < -0.3 is 14.5 Å². The van der Waals surface area contributed by atoms with E-state index in [0.717, 1.165) is 18.9 Å². The second-order valence-corrected chi connectivity index (χ2v) is 8.89. The van der Waals surface area contributed by atoms with E-state index < -0.39 is 17.3 Å². The lowest BCUT2D eigenvalue weighted by Gasteiger charge is -2.35. The van der Waals surface area contributed by atoms with Crippen LogP contribution in [0.25, 0.3) is 10.8 Å². The number of H-pyrrole nitrogens is 1. The van der Waals surface area contributed by atoms with Gasteiger partial charge in [0, 0.05) is 31.8 Å². The van der Waals surface area contributed by atoms with E-state index in [-0.39, 0.29) is 46.6 Å². The summed E-state index contributed by atoms with van der Waals surface area (Å²) in [5, 5.41) is 7.15. The molecule has 1 aromatic heterocycles. The number of aromatic nitrogens is 2. The Labute approximate surface area is 210 Å². The molecule has 1 fully saturated rings. The van der Waals surface area contributed by atoms with E-state index in [1.807, 2.05) is 18.2 Å². The number of piperazine rings is 1. The van der Waals surface area contributed by atoms with Gasteiger partial charge in [-0.15, -0.1) is 5.10 Å². The minimum absolute atomic E-state index is 0.0263. The summed E-state index contributed by atoms with van der Waals surface area (Å²) < 4.78 is 20.5. The monoisotopic (exact) mass is 508 g/mol. The second-order valence-electron chi connectivity index (χ2n) is 8.49. The Morgan fingerprint density at radius 1 is 1.03 bits per heavy atom. The Balaban J connectivity index is 1.33. The molecule has 36 heavy (non-hydrogen) atoms. The molecule has 1 aliphatic carbocycles. The predicted octanol–water partition coefficient (Wildman–Crippen LogP) is 4.07. The molecule has 184 valence electrons. The number of nitrogens with one attached hydrogen (secondary N) is 1. The molecule has 0 bridgehead atoms. The van der Waals surface area contributed by atoms with Crippen LogP contribution in [-0.2, 0) is 4.79 Å². The first-order valence-corrected chi connectivity index (χ1v) is 11.9. The quantitative estimate of drug-likeness (QED) is 0.573. The van der Waals surface area contributed by atoms with Crippen LogP contribution in [0.2, 0.25) is 5.02 Å². The lowest BCUT2D eigenvalue weighted by molar-refractivity contribution is -0.128. The average molecular weight is 509 g/mol. The number of benzene rings is 2. The van der Waals surface area contributed by atoms with E-state index in [2.05, 4.69) is 10.2 Å². The molecule has 1 saturated heterocycles. The van der Waals surface area contributed by atoms with Gasteiger partial charge in [0.15, 0.2) is 0 Å². The number of amides is 2. The number of carbonyl (C=O) groups excluding carboxylic acids is 2. The van der Waals surface area contributed by atoms with Crippen molar-refractivity contribution in [1.29, 1.82) is 0 Å². The lowest BCUT2D eigenvalue weighted by atomic mass is 10.1. The highest BCUT2D eigenvalue weighted by Crippen LogP contribution is 2.32. The molecule has 5 rings (SSSR count). The zero-order chi connectivity index (χ0) is 25.2. The molecule has 0 unspecified atom stereocenters. The maximum atomic E-state index is 14.7. The van der Waals surface area contributed by atoms with Gasteiger partial charge in [-0.05, 0) is 43.2 Å². The molecule has 1 N–H and O–H groups in total. The highest BCUT2D eigenvalue weighted by molar-refractivity contribution is 6.36. The molecule has 3 aromatic rings. The molecular formula is C26H22ClFN4O4. The number of carbonyl (C=O) groups is 2. The summed E-state index contributed by atoms with van der Waals surface area (Å²) in [7, 11) is 0. The van der Waals surface area contributed by atoms with E-state index in [9.17, 15) is 18.8 Å². The molecule has 2 heterocycles. The van der Waals surface area contributed by atoms with Crippen LogP contribution in [0.4, 0.5) is 4.39 Å². The zero-order valence-corrected chi connectivity index (χ0v) is 19.9. The van der Waals surface area contributed by atoms with Crippen molar-refractivity contribution in [3.8, 4) is 11.6 Å². The molecule has 2 amide bonds. The fraction of sp³-hybridized carbons (Fsp3) is 0.231. The van der Waals surface area contributed by atoms with Crippen LogP contribution < -0.4 is 10.3 Å². The molecule has 0 atom stereocenters. The highest BCUT2D eigenvalue weighted by Gasteiger charge is 2.28. The molecule has 0 saturated carbocycles. The number of nitrogens with zero attached hydrogens (tertiary/aromatic N) is 3. The van der Waals surface area contributed by atoms with E-state index in [0.29, 0.717) is 24.0 Å². The lowest BCUT2D eigenvalue weighted by Crippen LogP contribution is -2.51. The van der Waals surface area contributed by atoms with E-state index in [1.165, 1.54) is 17.0 Å². The van der Waals surface area contributed by atoms with Gasteiger partial charge in [-0.1, -0.05) is 35.9 Å². The minimum atomic E-state index is -0.694. The molecule has 2 aliphatic rings. The van der Waals surface area contributed by atoms with Gasteiger partial charge in [0.05, 0.1) is 21.4 Å². The Hall–Kier alpha value is -3.98. The summed E-state index contributed by atoms with van der Waals surface area (Å²) in [6.07, 6.45) is 7.50. The summed E-state index contributed by atoms with van der Waals surface area (Å²) >= 11 is 6.26. The predicted molar refractivity (Wildman–Crippen MR) is 133 cm³/mol. The normalized spacial score (nSPS) is 15.7. The number of halogens is 2. The standard InChI is InChI=1S/C26H22ClFN4O4/c27-20-8-4-7-18-22(20)24(30-29-23(18)33)36-17-9-10-21(28)19(15-17)26(35)32-13-11-31(12-14-32)25(34)16-5-2-1-3-6-16/h2,4-10,15H,1,3,11-14H2,(H,29,33). The molecule has 1 aliphatic heterocycles. The van der Waals surface area contributed by atoms with Gasteiger partial charge in [-0.25, -0.2) is 9.49 Å². The van der Waals surface area contributed by atoms with Crippen molar-refractivity contribution < 1.29 is 18.7 Å². The summed E-state index contributed by atoms with van der Waals surface area (Å²) in [5.41, 5.74) is 0.0775. The maximum Gasteiger partial charge on any atom is 0.272 e. The van der Waals surface area contributed by atoms with Crippen molar-refractivity contribution in [3.63, 3.8) is 0 Å². The van der Waals surface area contributed by atoms with Crippen LogP contribution in [0.15, 0.2) is 65.0 Å².